The van der Waals surface area contributed by atoms with E-state index in [0.29, 0.717) is 6.54 Å². The van der Waals surface area contributed by atoms with E-state index in [1.165, 1.54) is 11.5 Å². The van der Waals surface area contributed by atoms with Gasteiger partial charge in [0.1, 0.15) is 16.0 Å². The zero-order valence-electron chi connectivity index (χ0n) is 13.0. The van der Waals surface area contributed by atoms with Crippen molar-refractivity contribution >= 4 is 34.4 Å². The number of carbonyl (C=O) groups is 1. The molecule has 0 radical (unpaired) electrons. The molecule has 2 rings (SSSR count). The summed E-state index contributed by atoms with van der Waals surface area (Å²) in [5.74, 6) is 0. The summed E-state index contributed by atoms with van der Waals surface area (Å²) in [6.07, 6.45) is 3.25. The smallest absolute Gasteiger partial charge is 0.407 e. The van der Waals surface area contributed by atoms with E-state index in [0.717, 1.165) is 41.0 Å². The van der Waals surface area contributed by atoms with E-state index in [1.54, 1.807) is 6.20 Å². The first-order chi connectivity index (χ1) is 10.4. The molecule has 0 saturated carbocycles. The Balaban J connectivity index is 1.96. The monoisotopic (exact) mass is 340 g/mol. The Bertz CT molecular complexity index is 562. The van der Waals surface area contributed by atoms with Crippen LogP contribution in [0.2, 0.25) is 0 Å². The zero-order valence-corrected chi connectivity index (χ0v) is 14.6. The van der Waals surface area contributed by atoms with Crippen molar-refractivity contribution < 1.29 is 9.53 Å². The van der Waals surface area contributed by atoms with Crippen molar-refractivity contribution in [2.75, 3.05) is 18.0 Å². The topological polar surface area (TPSA) is 78.2 Å². The van der Waals surface area contributed by atoms with E-state index < -0.39 is 5.60 Å². The Morgan fingerprint density at radius 2 is 2.41 bits per heavy atom. The fraction of sp³-hybridized carbons (Fsp3) is 0.643. The Hall–Kier alpha value is -1.46. The van der Waals surface area contributed by atoms with Crippen molar-refractivity contribution in [2.45, 2.75) is 50.2 Å². The number of alkyl carbamates (subject to hydrolysis) is 1. The number of nitriles is 1. The first-order valence-electron chi connectivity index (χ1n) is 7.14. The molecule has 6 nitrogen and oxygen atoms in total. The first-order valence-corrected chi connectivity index (χ1v) is 8.73. The summed E-state index contributed by atoms with van der Waals surface area (Å²) >= 11 is 2.51. The van der Waals surface area contributed by atoms with Gasteiger partial charge < -0.3 is 15.0 Å². The maximum absolute atomic E-state index is 11.9. The lowest BCUT2D eigenvalue weighted by Crippen LogP contribution is -2.48. The molecule has 0 aromatic carbocycles. The van der Waals surface area contributed by atoms with E-state index in [4.69, 9.17) is 10.00 Å². The number of carbonyl (C=O) groups excluding carboxylic acids is 1. The number of aromatic nitrogens is 1. The van der Waals surface area contributed by atoms with Crippen molar-refractivity contribution in [3.05, 3.63) is 6.20 Å². The maximum Gasteiger partial charge on any atom is 0.407 e. The van der Waals surface area contributed by atoms with E-state index in [9.17, 15) is 4.79 Å². The highest BCUT2D eigenvalue weighted by Gasteiger charge is 2.26. The molecule has 1 aliphatic rings. The third-order valence-electron chi connectivity index (χ3n) is 3.10. The number of hydrogen-bond donors (Lipinski definition) is 1. The molecule has 1 N–H and O–H groups in total. The molecular weight excluding hydrogens is 320 g/mol. The highest BCUT2D eigenvalue weighted by molar-refractivity contribution is 8.04. The fourth-order valence-electron chi connectivity index (χ4n) is 2.31. The van der Waals surface area contributed by atoms with Crippen LogP contribution in [0, 0.1) is 10.7 Å². The lowest BCUT2D eigenvalue weighted by atomic mass is 10.1. The summed E-state index contributed by atoms with van der Waals surface area (Å²) in [5, 5.41) is 14.9. The summed E-state index contributed by atoms with van der Waals surface area (Å²) in [6, 6.07) is 0.0469. The van der Waals surface area contributed by atoms with Crippen molar-refractivity contribution in [1.82, 2.24) is 9.69 Å². The van der Waals surface area contributed by atoms with Gasteiger partial charge in [-0.25, -0.2) is 4.79 Å². The third kappa shape index (κ3) is 4.78. The van der Waals surface area contributed by atoms with Crippen LogP contribution in [0.3, 0.4) is 0 Å². The van der Waals surface area contributed by atoms with Crippen LogP contribution in [-0.4, -0.2) is 35.2 Å². The normalized spacial score (nSPS) is 18.6. The number of thioether (sulfide) groups is 1. The van der Waals surface area contributed by atoms with Crippen LogP contribution < -0.4 is 10.2 Å². The Morgan fingerprint density at radius 3 is 3.09 bits per heavy atom. The van der Waals surface area contributed by atoms with Crippen LogP contribution in [0.25, 0.3) is 0 Å². The summed E-state index contributed by atoms with van der Waals surface area (Å²) in [5.41, 5.74) is -0.493. The molecule has 2 heterocycles. The second-order valence-electron chi connectivity index (χ2n) is 6.12. The number of rotatable bonds is 3. The minimum absolute atomic E-state index is 0.0469. The minimum atomic E-state index is -0.493. The maximum atomic E-state index is 11.9. The molecule has 120 valence electrons. The molecule has 1 fully saturated rings. The van der Waals surface area contributed by atoms with Crippen LogP contribution in [-0.2, 0) is 4.74 Å². The van der Waals surface area contributed by atoms with Gasteiger partial charge in [0.15, 0.2) is 0 Å². The third-order valence-corrected chi connectivity index (χ3v) is 4.71. The predicted molar refractivity (Wildman–Crippen MR) is 88.2 cm³/mol. The van der Waals surface area contributed by atoms with Gasteiger partial charge in [-0.1, -0.05) is 0 Å². The number of nitrogens with zero attached hydrogens (tertiary/aromatic N) is 3. The molecule has 0 aliphatic carbocycles. The molecule has 22 heavy (non-hydrogen) atoms. The van der Waals surface area contributed by atoms with Gasteiger partial charge in [0.05, 0.1) is 11.1 Å². The van der Waals surface area contributed by atoms with Gasteiger partial charge in [0, 0.05) is 19.1 Å². The van der Waals surface area contributed by atoms with Crippen LogP contribution in [0.5, 0.6) is 0 Å². The van der Waals surface area contributed by atoms with Gasteiger partial charge in [-0.3, -0.25) is 0 Å². The summed E-state index contributed by atoms with van der Waals surface area (Å²) in [4.78, 5) is 14.9. The predicted octanol–water partition coefficient (Wildman–Crippen LogP) is 3.21. The molecule has 1 aromatic rings. The van der Waals surface area contributed by atoms with Crippen LogP contribution in [0.1, 0.15) is 33.6 Å². The second kappa shape index (κ2) is 7.20. The Kier molecular flexibility index (Phi) is 5.53. The molecule has 1 unspecified atom stereocenters. The highest BCUT2D eigenvalue weighted by Crippen LogP contribution is 2.34. The van der Waals surface area contributed by atoms with Crippen molar-refractivity contribution in [3.63, 3.8) is 0 Å². The van der Waals surface area contributed by atoms with Crippen LogP contribution >= 0.6 is 23.3 Å². The zero-order chi connectivity index (χ0) is 16.2. The number of thiocyanates is 1. The molecule has 1 saturated heterocycles. The number of nitrogens with one attached hydrogen (secondary N) is 1. The number of anilines is 1. The lowest BCUT2D eigenvalue weighted by molar-refractivity contribution is 0.0500. The molecular formula is C14H20N4O2S2. The molecule has 0 bridgehead atoms. The van der Waals surface area contributed by atoms with Gasteiger partial charge in [-0.2, -0.15) is 9.64 Å². The first kappa shape index (κ1) is 16.9. The second-order valence-corrected chi connectivity index (χ2v) is 7.73. The average Bonchev–Trinajstić information content (AvgIpc) is 2.85. The standard InChI is InChI=1S/C14H20N4O2S2/c1-14(2,3)20-13(19)17-10-5-4-6-18(8-10)12-11(21-9-15)7-16-22-12/h7,10H,4-6,8H2,1-3H3,(H,17,19). The number of piperidine rings is 1. The highest BCUT2D eigenvalue weighted by atomic mass is 32.2. The van der Waals surface area contributed by atoms with Crippen molar-refractivity contribution in [2.24, 2.45) is 0 Å². The van der Waals surface area contributed by atoms with E-state index >= 15 is 0 Å². The number of hydrogen-bond acceptors (Lipinski definition) is 7. The molecule has 1 aromatic heterocycles. The molecule has 0 spiro atoms. The molecule has 1 aliphatic heterocycles. The van der Waals surface area contributed by atoms with Crippen molar-refractivity contribution in [3.8, 4) is 5.40 Å². The number of ether oxygens (including phenoxy) is 1. The van der Waals surface area contributed by atoms with Gasteiger partial charge in [0.25, 0.3) is 0 Å². The Labute approximate surface area is 139 Å². The van der Waals surface area contributed by atoms with E-state index in [-0.39, 0.29) is 12.1 Å². The van der Waals surface area contributed by atoms with Crippen molar-refractivity contribution in [1.29, 1.82) is 5.26 Å². The quantitative estimate of drug-likeness (QED) is 0.672. The minimum Gasteiger partial charge on any atom is -0.444 e. The Morgan fingerprint density at radius 1 is 1.64 bits per heavy atom. The molecule has 8 heteroatoms. The fourth-order valence-corrected chi connectivity index (χ4v) is 3.72. The molecule has 1 atom stereocenters. The summed E-state index contributed by atoms with van der Waals surface area (Å²) < 4.78 is 9.47. The van der Waals surface area contributed by atoms with Gasteiger partial charge in [0.2, 0.25) is 0 Å². The molecule has 1 amide bonds. The van der Waals surface area contributed by atoms with E-state index in [2.05, 4.69) is 20.0 Å². The lowest BCUT2D eigenvalue weighted by Gasteiger charge is -2.34. The average molecular weight is 340 g/mol. The van der Waals surface area contributed by atoms with Gasteiger partial charge >= 0.3 is 6.09 Å². The van der Waals surface area contributed by atoms with Crippen LogP contribution in [0.4, 0.5) is 9.80 Å². The summed E-state index contributed by atoms with van der Waals surface area (Å²) in [7, 11) is 0. The summed E-state index contributed by atoms with van der Waals surface area (Å²) in [6.45, 7) is 7.17. The van der Waals surface area contributed by atoms with Crippen LogP contribution in [0.15, 0.2) is 11.1 Å². The van der Waals surface area contributed by atoms with Gasteiger partial charge in [-0.15, -0.1) is 0 Å². The largest absolute Gasteiger partial charge is 0.444 e. The van der Waals surface area contributed by atoms with Gasteiger partial charge in [-0.05, 0) is 56.9 Å². The number of amides is 1. The SMILES string of the molecule is CC(C)(C)OC(=O)NC1CCCN(c2sncc2SC#N)C1. The van der Waals surface area contributed by atoms with E-state index in [1.807, 2.05) is 20.8 Å².